The van der Waals surface area contributed by atoms with Gasteiger partial charge in [0.2, 0.25) is 5.91 Å². The molecule has 1 aliphatic rings. The molecule has 9 nitrogen and oxygen atoms in total. The van der Waals surface area contributed by atoms with Crippen molar-refractivity contribution in [2.24, 2.45) is 11.1 Å². The van der Waals surface area contributed by atoms with Crippen molar-refractivity contribution in [3.05, 3.63) is 0 Å². The highest BCUT2D eigenvalue weighted by Crippen LogP contribution is 2.22. The van der Waals surface area contributed by atoms with Crippen LogP contribution >= 0.6 is 0 Å². The van der Waals surface area contributed by atoms with Crippen LogP contribution < -0.4 is 11.1 Å². The van der Waals surface area contributed by atoms with E-state index in [1.54, 1.807) is 6.92 Å². The van der Waals surface area contributed by atoms with Gasteiger partial charge in [-0.2, -0.15) is 0 Å². The molecule has 0 unspecified atom stereocenters. The van der Waals surface area contributed by atoms with Crippen molar-refractivity contribution in [3.63, 3.8) is 0 Å². The minimum Gasteiger partial charge on any atom is -0.390 e. The molecule has 4 atom stereocenters. The fourth-order valence-corrected chi connectivity index (χ4v) is 2.76. The molecule has 0 aromatic carbocycles. The lowest BCUT2D eigenvalue weighted by atomic mass is 9.93. The molecule has 1 heterocycles. The molecule has 0 radical (unpaired) electrons. The van der Waals surface area contributed by atoms with Gasteiger partial charge >= 0.3 is 0 Å². The van der Waals surface area contributed by atoms with Crippen LogP contribution in [0.25, 0.3) is 0 Å². The lowest BCUT2D eigenvalue weighted by Crippen LogP contribution is -2.47. The molecule has 0 spiro atoms. The first-order chi connectivity index (χ1) is 13.5. The molecule has 0 aliphatic carbocycles. The lowest BCUT2D eigenvalue weighted by Gasteiger charge is -2.35. The van der Waals surface area contributed by atoms with E-state index in [4.69, 9.17) is 24.7 Å². The summed E-state index contributed by atoms with van der Waals surface area (Å²) in [6.07, 6.45) is -1.75. The average Bonchev–Trinajstić information content (AvgIpc) is 2.63. The summed E-state index contributed by atoms with van der Waals surface area (Å²) in [6, 6.07) is 0. The monoisotopic (exact) mass is 420 g/mol. The van der Waals surface area contributed by atoms with Gasteiger partial charge in [0.25, 0.3) is 0 Å². The maximum atomic E-state index is 12.4. The summed E-state index contributed by atoms with van der Waals surface area (Å²) in [5, 5.41) is 22.3. The molecule has 1 rings (SSSR count). The Morgan fingerprint density at radius 1 is 1.17 bits per heavy atom. The fourth-order valence-electron chi connectivity index (χ4n) is 2.76. The predicted molar refractivity (Wildman–Crippen MR) is 108 cm³/mol. The topological polar surface area (TPSA) is 132 Å². The van der Waals surface area contributed by atoms with E-state index < -0.39 is 23.9 Å². The molecule has 5 N–H and O–H groups in total. The molecule has 1 fully saturated rings. The Morgan fingerprint density at radius 2 is 1.86 bits per heavy atom. The summed E-state index contributed by atoms with van der Waals surface area (Å²) in [7, 11) is 0. The first-order valence-electron chi connectivity index (χ1n) is 10.3. The Balaban J connectivity index is 2.15. The molecule has 29 heavy (non-hydrogen) atoms. The first kappa shape index (κ1) is 26.2. The van der Waals surface area contributed by atoms with Gasteiger partial charge in [-0.25, -0.2) is 0 Å². The van der Waals surface area contributed by atoms with E-state index in [1.165, 1.54) is 0 Å². The van der Waals surface area contributed by atoms with Gasteiger partial charge in [0.15, 0.2) is 6.29 Å². The Labute approximate surface area is 174 Å². The summed E-state index contributed by atoms with van der Waals surface area (Å²) < 4.78 is 22.2. The summed E-state index contributed by atoms with van der Waals surface area (Å²) in [4.78, 5) is 12.4. The van der Waals surface area contributed by atoms with Crippen molar-refractivity contribution >= 4 is 5.91 Å². The maximum absolute atomic E-state index is 12.4. The SMILES string of the molecule is C[C@@H]1O[C@@H](OCCOCCNC(=O)C(C)(C)COC(C)(C)CCN)[C@H](O)C[C@H]1O. The molecule has 0 aromatic rings. The molecule has 0 aromatic heterocycles. The van der Waals surface area contributed by atoms with Crippen molar-refractivity contribution in [2.45, 2.75) is 77.7 Å². The van der Waals surface area contributed by atoms with Crippen LogP contribution in [0.3, 0.4) is 0 Å². The van der Waals surface area contributed by atoms with Crippen LogP contribution in [-0.4, -0.2) is 85.8 Å². The van der Waals surface area contributed by atoms with Crippen molar-refractivity contribution in [1.82, 2.24) is 5.32 Å². The van der Waals surface area contributed by atoms with Crippen LogP contribution in [0.5, 0.6) is 0 Å². The number of nitrogens with one attached hydrogen (secondary N) is 1. The van der Waals surface area contributed by atoms with Gasteiger partial charge in [-0.05, 0) is 47.6 Å². The lowest BCUT2D eigenvalue weighted by molar-refractivity contribution is -0.263. The summed E-state index contributed by atoms with van der Waals surface area (Å²) in [5.74, 6) is -0.104. The summed E-state index contributed by atoms with van der Waals surface area (Å²) >= 11 is 0. The normalized spacial score (nSPS) is 25.8. The number of ether oxygens (including phenoxy) is 4. The second kappa shape index (κ2) is 12.1. The highest BCUT2D eigenvalue weighted by molar-refractivity contribution is 5.81. The highest BCUT2D eigenvalue weighted by Gasteiger charge is 2.34. The van der Waals surface area contributed by atoms with Gasteiger partial charge in [0.05, 0.1) is 49.7 Å². The zero-order valence-corrected chi connectivity index (χ0v) is 18.5. The van der Waals surface area contributed by atoms with Crippen LogP contribution in [0.15, 0.2) is 0 Å². The zero-order valence-electron chi connectivity index (χ0n) is 18.5. The second-order valence-corrected chi connectivity index (χ2v) is 8.79. The first-order valence-corrected chi connectivity index (χ1v) is 10.3. The van der Waals surface area contributed by atoms with Gasteiger partial charge in [-0.1, -0.05) is 0 Å². The third-order valence-corrected chi connectivity index (χ3v) is 4.91. The quantitative estimate of drug-likeness (QED) is 0.310. The average molecular weight is 421 g/mol. The van der Waals surface area contributed by atoms with E-state index >= 15 is 0 Å². The Morgan fingerprint density at radius 3 is 2.52 bits per heavy atom. The minimum atomic E-state index is -0.861. The van der Waals surface area contributed by atoms with Crippen LogP contribution in [0.4, 0.5) is 0 Å². The number of rotatable bonds is 13. The van der Waals surface area contributed by atoms with E-state index in [1.807, 2.05) is 27.7 Å². The molecule has 1 saturated heterocycles. The van der Waals surface area contributed by atoms with Gasteiger partial charge in [0.1, 0.15) is 6.10 Å². The number of nitrogens with two attached hydrogens (primary N) is 1. The number of aliphatic hydroxyl groups excluding tert-OH is 2. The highest BCUT2D eigenvalue weighted by atomic mass is 16.7. The molecule has 1 aliphatic heterocycles. The number of carbonyl (C=O) groups is 1. The van der Waals surface area contributed by atoms with E-state index in [2.05, 4.69) is 5.32 Å². The standard InChI is InChI=1S/C20H40N2O7/c1-14-15(23)12-16(24)17(29-14)27-11-10-26-9-8-22-18(25)19(2,3)13-28-20(4,5)6-7-21/h14-17,23-24H,6-13,21H2,1-5H3,(H,22,25)/t14-,15+,16+,17+/m0/s1. The van der Waals surface area contributed by atoms with E-state index in [0.717, 1.165) is 6.42 Å². The fraction of sp³-hybridized carbons (Fsp3) is 0.950. The molecule has 0 bridgehead atoms. The van der Waals surface area contributed by atoms with Gasteiger partial charge in [-0.15, -0.1) is 0 Å². The van der Waals surface area contributed by atoms with Crippen molar-refractivity contribution in [1.29, 1.82) is 0 Å². The number of hydrogen-bond acceptors (Lipinski definition) is 8. The van der Waals surface area contributed by atoms with Gasteiger partial charge in [-0.3, -0.25) is 4.79 Å². The van der Waals surface area contributed by atoms with E-state index in [-0.39, 0.29) is 30.6 Å². The second-order valence-electron chi connectivity index (χ2n) is 8.79. The molecule has 1 amide bonds. The third kappa shape index (κ3) is 9.69. The molecule has 172 valence electrons. The molecule has 0 saturated carbocycles. The number of amides is 1. The Hall–Kier alpha value is -0.810. The van der Waals surface area contributed by atoms with E-state index in [0.29, 0.717) is 32.9 Å². The Bertz CT molecular complexity index is 487. The number of aliphatic hydroxyl groups is 2. The molecule has 9 heteroatoms. The zero-order chi connectivity index (χ0) is 22.1. The van der Waals surface area contributed by atoms with Gasteiger partial charge < -0.3 is 40.2 Å². The van der Waals surface area contributed by atoms with E-state index in [9.17, 15) is 15.0 Å². The van der Waals surface area contributed by atoms with Gasteiger partial charge in [0, 0.05) is 13.0 Å². The van der Waals surface area contributed by atoms with Crippen LogP contribution in [-0.2, 0) is 23.7 Å². The molecular formula is C20H40N2O7. The van der Waals surface area contributed by atoms with Crippen LogP contribution in [0, 0.1) is 5.41 Å². The van der Waals surface area contributed by atoms with Crippen LogP contribution in [0.2, 0.25) is 0 Å². The predicted octanol–water partition coefficient (Wildman–Crippen LogP) is 0.163. The van der Waals surface area contributed by atoms with Crippen molar-refractivity contribution < 1.29 is 34.0 Å². The van der Waals surface area contributed by atoms with Crippen molar-refractivity contribution in [2.75, 3.05) is 39.5 Å². The van der Waals surface area contributed by atoms with Crippen LogP contribution in [0.1, 0.15) is 47.5 Å². The number of carbonyl (C=O) groups excluding carboxylic acids is 1. The Kier molecular flexibility index (Phi) is 11.0. The largest absolute Gasteiger partial charge is 0.390 e. The smallest absolute Gasteiger partial charge is 0.228 e. The maximum Gasteiger partial charge on any atom is 0.228 e. The third-order valence-electron chi connectivity index (χ3n) is 4.91. The number of hydrogen-bond donors (Lipinski definition) is 4. The minimum absolute atomic E-state index is 0.104. The van der Waals surface area contributed by atoms with Crippen molar-refractivity contribution in [3.8, 4) is 0 Å². The summed E-state index contributed by atoms with van der Waals surface area (Å²) in [5.41, 5.74) is 4.56. The summed E-state index contributed by atoms with van der Waals surface area (Å²) in [6.45, 7) is 11.4. The molecular weight excluding hydrogens is 380 g/mol.